The number of ether oxygens (including phenoxy) is 2. The Morgan fingerprint density at radius 3 is 2.63 bits per heavy atom. The van der Waals surface area contributed by atoms with Crippen molar-refractivity contribution in [2.45, 2.75) is 42.6 Å². The van der Waals surface area contributed by atoms with Crippen LogP contribution >= 0.6 is 0 Å². The molecule has 1 fully saturated rings. The molecule has 1 unspecified atom stereocenters. The summed E-state index contributed by atoms with van der Waals surface area (Å²) >= 11 is 0. The molecule has 1 aromatic heterocycles. The lowest BCUT2D eigenvalue weighted by atomic mass is 10.0. The number of aromatic nitrogens is 1. The van der Waals surface area contributed by atoms with E-state index in [9.17, 15) is 26.7 Å². The van der Waals surface area contributed by atoms with Gasteiger partial charge in [-0.05, 0) is 49.1 Å². The minimum atomic E-state index is -4.51. The SMILES string of the molecule is [2H]C([2H])([2H])Oc1cc(S(C)(=O)=O)ccc1NCC#Cc1cc2c(NC3CCN(CC(O)COC)CC3)cccc2n1CC(F)(F)F. The maximum atomic E-state index is 13.7. The molecule has 0 saturated carbocycles. The molecule has 1 aliphatic rings. The van der Waals surface area contributed by atoms with E-state index in [0.29, 0.717) is 23.1 Å². The Morgan fingerprint density at radius 2 is 1.95 bits per heavy atom. The first-order valence-corrected chi connectivity index (χ1v) is 15.5. The highest BCUT2D eigenvalue weighted by Crippen LogP contribution is 2.32. The predicted molar refractivity (Wildman–Crippen MR) is 160 cm³/mol. The molecule has 1 aliphatic heterocycles. The summed E-state index contributed by atoms with van der Waals surface area (Å²) in [5.74, 6) is 5.35. The van der Waals surface area contributed by atoms with Crippen LogP contribution < -0.4 is 15.4 Å². The van der Waals surface area contributed by atoms with Crippen molar-refractivity contribution in [1.29, 1.82) is 0 Å². The molecule has 0 radical (unpaired) electrons. The van der Waals surface area contributed by atoms with E-state index in [4.69, 9.17) is 13.6 Å². The molecular weight excluding hydrogens is 585 g/mol. The molecule has 0 aliphatic carbocycles. The summed E-state index contributed by atoms with van der Waals surface area (Å²) in [5, 5.41) is 17.0. The Labute approximate surface area is 254 Å². The number of aliphatic hydroxyl groups is 1. The molecule has 9 nitrogen and oxygen atoms in total. The summed E-state index contributed by atoms with van der Waals surface area (Å²) in [4.78, 5) is 2.01. The second-order valence-electron chi connectivity index (χ2n) is 10.5. The fourth-order valence-electron chi connectivity index (χ4n) is 5.12. The van der Waals surface area contributed by atoms with Crippen molar-refractivity contribution in [2.75, 3.05) is 63.8 Å². The van der Waals surface area contributed by atoms with E-state index in [1.165, 1.54) is 19.2 Å². The lowest BCUT2D eigenvalue weighted by Gasteiger charge is -2.34. The first kappa shape index (κ1) is 28.3. The van der Waals surface area contributed by atoms with Crippen LogP contribution in [0.1, 0.15) is 22.6 Å². The summed E-state index contributed by atoms with van der Waals surface area (Å²) in [7, 11) is -4.97. The fraction of sp³-hybridized carbons (Fsp3) is 0.467. The van der Waals surface area contributed by atoms with Crippen molar-refractivity contribution in [2.24, 2.45) is 0 Å². The van der Waals surface area contributed by atoms with Gasteiger partial charge in [0.15, 0.2) is 9.84 Å². The minimum Gasteiger partial charge on any atom is -0.495 e. The quantitative estimate of drug-likeness (QED) is 0.275. The maximum Gasteiger partial charge on any atom is 0.406 e. The molecule has 43 heavy (non-hydrogen) atoms. The van der Waals surface area contributed by atoms with E-state index in [1.54, 1.807) is 18.2 Å². The Bertz CT molecular complexity index is 1680. The van der Waals surface area contributed by atoms with Gasteiger partial charge in [-0.25, -0.2) is 8.42 Å². The monoisotopic (exact) mass is 625 g/mol. The predicted octanol–water partition coefficient (Wildman–Crippen LogP) is 3.96. The average Bonchev–Trinajstić information content (AvgIpc) is 3.28. The summed E-state index contributed by atoms with van der Waals surface area (Å²) in [6, 6.07) is 10.5. The number of nitrogens with one attached hydrogen (secondary N) is 2. The van der Waals surface area contributed by atoms with Gasteiger partial charge < -0.3 is 34.7 Å². The Hall–Kier alpha value is -3.44. The number of anilines is 2. The van der Waals surface area contributed by atoms with Crippen molar-refractivity contribution in [3.05, 3.63) is 48.2 Å². The third-order valence-electron chi connectivity index (χ3n) is 7.13. The first-order chi connectivity index (χ1) is 21.5. The van der Waals surface area contributed by atoms with E-state index >= 15 is 0 Å². The van der Waals surface area contributed by atoms with E-state index in [2.05, 4.69) is 27.4 Å². The molecule has 0 spiro atoms. The molecule has 0 amide bonds. The molecule has 13 heteroatoms. The fourth-order valence-corrected chi connectivity index (χ4v) is 5.76. The topological polar surface area (TPSA) is 105 Å². The number of hydrogen-bond donors (Lipinski definition) is 3. The Balaban J connectivity index is 1.54. The van der Waals surface area contributed by atoms with E-state index < -0.39 is 35.7 Å². The molecular formula is C30H37F3N4O5S. The smallest absolute Gasteiger partial charge is 0.406 e. The molecule has 0 bridgehead atoms. The Kier molecular flexibility index (Phi) is 9.16. The summed E-state index contributed by atoms with van der Waals surface area (Å²) in [5.41, 5.74) is 1.34. The van der Waals surface area contributed by atoms with Crippen molar-refractivity contribution in [3.63, 3.8) is 0 Å². The minimum absolute atomic E-state index is 0.0894. The van der Waals surface area contributed by atoms with Crippen LogP contribution in [-0.4, -0.2) is 94.5 Å². The number of alkyl halides is 3. The van der Waals surface area contributed by atoms with Crippen molar-refractivity contribution in [3.8, 4) is 17.6 Å². The number of fused-ring (bicyclic) bond motifs is 1. The van der Waals surface area contributed by atoms with Gasteiger partial charge in [-0.3, -0.25) is 0 Å². The van der Waals surface area contributed by atoms with Gasteiger partial charge >= 0.3 is 6.18 Å². The molecule has 4 rings (SSSR count). The zero-order valence-corrected chi connectivity index (χ0v) is 24.7. The van der Waals surface area contributed by atoms with Gasteiger partial charge in [0, 0.05) is 56.2 Å². The number of methoxy groups -OCH3 is 2. The number of piperidine rings is 1. The number of halogens is 3. The number of β-amino-alcohol motifs (C(OH)–C–C–N with tert-alkyl or cyclic N) is 1. The van der Waals surface area contributed by atoms with Gasteiger partial charge in [0.05, 0.1) is 52.2 Å². The van der Waals surface area contributed by atoms with Crippen LogP contribution in [0.4, 0.5) is 24.5 Å². The summed E-state index contributed by atoms with van der Waals surface area (Å²) in [6.07, 6.45) is -2.53. The highest BCUT2D eigenvalue weighted by Gasteiger charge is 2.30. The van der Waals surface area contributed by atoms with Gasteiger partial charge in [0.2, 0.25) is 0 Å². The summed E-state index contributed by atoms with van der Waals surface area (Å²) in [6.45, 7) is 0.920. The van der Waals surface area contributed by atoms with Gasteiger partial charge in [-0.15, -0.1) is 0 Å². The Morgan fingerprint density at radius 1 is 1.19 bits per heavy atom. The zero-order chi connectivity index (χ0) is 33.7. The normalized spacial score (nSPS) is 16.9. The number of nitrogens with zero attached hydrogens (tertiary/aromatic N) is 2. The molecule has 2 aromatic carbocycles. The van der Waals surface area contributed by atoms with Crippen LogP contribution in [0.15, 0.2) is 47.4 Å². The second kappa shape index (κ2) is 13.9. The third-order valence-corrected chi connectivity index (χ3v) is 8.24. The number of likely N-dealkylation sites (tertiary alicyclic amines) is 1. The lowest BCUT2D eigenvalue weighted by Crippen LogP contribution is -2.43. The number of rotatable bonds is 11. The molecule has 3 aromatic rings. The number of hydrogen-bond acceptors (Lipinski definition) is 8. The van der Waals surface area contributed by atoms with Gasteiger partial charge in [0.1, 0.15) is 12.3 Å². The van der Waals surface area contributed by atoms with Gasteiger partial charge in [-0.1, -0.05) is 12.0 Å². The third kappa shape index (κ3) is 8.79. The molecule has 234 valence electrons. The van der Waals surface area contributed by atoms with E-state index in [0.717, 1.165) is 42.8 Å². The largest absolute Gasteiger partial charge is 0.495 e. The molecule has 2 heterocycles. The van der Waals surface area contributed by atoms with Crippen LogP contribution in [0.2, 0.25) is 0 Å². The molecule has 3 N–H and O–H groups in total. The van der Waals surface area contributed by atoms with Crippen LogP contribution in [-0.2, 0) is 21.1 Å². The van der Waals surface area contributed by atoms with Gasteiger partial charge in [-0.2, -0.15) is 13.2 Å². The number of sulfone groups is 1. The van der Waals surface area contributed by atoms with Crippen LogP contribution in [0.5, 0.6) is 5.75 Å². The van der Waals surface area contributed by atoms with E-state index in [-0.39, 0.29) is 41.2 Å². The average molecular weight is 626 g/mol. The van der Waals surface area contributed by atoms with E-state index in [1.807, 2.05) is 6.07 Å². The highest BCUT2D eigenvalue weighted by atomic mass is 32.2. The maximum absolute atomic E-state index is 13.7. The highest BCUT2D eigenvalue weighted by molar-refractivity contribution is 7.90. The van der Waals surface area contributed by atoms with Crippen molar-refractivity contribution >= 4 is 32.1 Å². The first-order valence-electron chi connectivity index (χ1n) is 15.1. The van der Waals surface area contributed by atoms with Crippen molar-refractivity contribution in [1.82, 2.24) is 9.47 Å². The van der Waals surface area contributed by atoms with Gasteiger partial charge in [0.25, 0.3) is 0 Å². The van der Waals surface area contributed by atoms with Crippen molar-refractivity contribution < 1.29 is 40.3 Å². The molecule has 1 saturated heterocycles. The second-order valence-corrected chi connectivity index (χ2v) is 12.5. The standard InChI is InChI=1S/C30H37F3N4O5S/c1-41-19-23(38)18-36-14-11-21(12-15-36)35-26-7-4-8-28-25(26)16-22(37(28)20-30(31,32)33)6-5-13-34-27-10-9-24(43(3,39)40)17-29(27)42-2/h4,7-10,16-17,21,23,34-35,38H,11-15,18-20H2,1-3H3/i2D3. The number of benzene rings is 2. The van der Waals surface area contributed by atoms with Crippen LogP contribution in [0.25, 0.3) is 10.9 Å². The lowest BCUT2D eigenvalue weighted by molar-refractivity contribution is -0.140. The zero-order valence-electron chi connectivity index (χ0n) is 26.9. The summed E-state index contributed by atoms with van der Waals surface area (Å²) < 4.78 is 98.1. The molecule has 1 atom stereocenters. The van der Waals surface area contributed by atoms with Crippen LogP contribution in [0.3, 0.4) is 0 Å². The number of aliphatic hydroxyl groups excluding tert-OH is 1. The van der Waals surface area contributed by atoms with Crippen LogP contribution in [0, 0.1) is 11.8 Å².